The highest BCUT2D eigenvalue weighted by molar-refractivity contribution is 7.13. The predicted octanol–water partition coefficient (Wildman–Crippen LogP) is 3.65. The second-order valence-electron chi connectivity index (χ2n) is 4.96. The van der Waals surface area contributed by atoms with E-state index in [9.17, 15) is 0 Å². The summed E-state index contributed by atoms with van der Waals surface area (Å²) in [7, 11) is 1.77. The van der Waals surface area contributed by atoms with Gasteiger partial charge in [-0.2, -0.15) is 0 Å². The van der Waals surface area contributed by atoms with Crippen molar-refractivity contribution in [3.05, 3.63) is 35.8 Å². The summed E-state index contributed by atoms with van der Waals surface area (Å²) in [5, 5.41) is 6.65. The van der Waals surface area contributed by atoms with Crippen molar-refractivity contribution in [2.75, 3.05) is 19.0 Å². The van der Waals surface area contributed by atoms with E-state index in [-0.39, 0.29) is 0 Å². The van der Waals surface area contributed by atoms with Crippen LogP contribution in [0.5, 0.6) is 0 Å². The molecule has 19 heavy (non-hydrogen) atoms. The lowest BCUT2D eigenvalue weighted by Crippen LogP contribution is -2.27. The molecule has 0 spiro atoms. The normalized spacial score (nSPS) is 16.3. The Hall–Kier alpha value is -1.39. The first-order chi connectivity index (χ1) is 9.36. The fourth-order valence-corrected chi connectivity index (χ4v) is 2.91. The fourth-order valence-electron chi connectivity index (χ4n) is 2.26. The number of nitrogens with zero attached hydrogens (tertiary/aromatic N) is 1. The minimum atomic E-state index is 0.440. The van der Waals surface area contributed by atoms with Gasteiger partial charge in [-0.05, 0) is 43.0 Å². The Kier molecular flexibility index (Phi) is 3.80. The Morgan fingerprint density at radius 3 is 2.74 bits per heavy atom. The lowest BCUT2D eigenvalue weighted by molar-refractivity contribution is 0.179. The number of ether oxygens (including phenoxy) is 1. The Labute approximate surface area is 117 Å². The molecule has 1 N–H and O–H groups in total. The lowest BCUT2D eigenvalue weighted by atomic mass is 10.1. The summed E-state index contributed by atoms with van der Waals surface area (Å²) < 4.78 is 5.29. The number of anilines is 1. The largest absolute Gasteiger partial charge is 0.383 e. The van der Waals surface area contributed by atoms with Crippen LogP contribution in [0.2, 0.25) is 0 Å². The number of aromatic nitrogens is 1. The van der Waals surface area contributed by atoms with Crippen molar-refractivity contribution in [3.8, 4) is 10.6 Å². The molecule has 0 amide bonds. The Morgan fingerprint density at radius 2 is 2.16 bits per heavy atom. The topological polar surface area (TPSA) is 34.1 Å². The van der Waals surface area contributed by atoms with E-state index in [0.717, 1.165) is 23.2 Å². The van der Waals surface area contributed by atoms with Crippen LogP contribution in [0.1, 0.15) is 12.8 Å². The highest BCUT2D eigenvalue weighted by atomic mass is 32.1. The molecule has 1 saturated carbocycles. The van der Waals surface area contributed by atoms with Gasteiger partial charge in [-0.1, -0.05) is 0 Å². The van der Waals surface area contributed by atoms with Crippen LogP contribution in [-0.4, -0.2) is 24.7 Å². The van der Waals surface area contributed by atoms with Gasteiger partial charge in [0.1, 0.15) is 5.01 Å². The van der Waals surface area contributed by atoms with Crippen molar-refractivity contribution in [2.45, 2.75) is 18.9 Å². The fraction of sp³-hybridized carbons (Fsp3) is 0.400. The van der Waals surface area contributed by atoms with E-state index in [4.69, 9.17) is 4.74 Å². The van der Waals surface area contributed by atoms with Crippen molar-refractivity contribution in [2.24, 2.45) is 5.92 Å². The van der Waals surface area contributed by atoms with Gasteiger partial charge in [0.05, 0.1) is 12.6 Å². The van der Waals surface area contributed by atoms with Gasteiger partial charge in [0.2, 0.25) is 0 Å². The number of rotatable bonds is 6. The van der Waals surface area contributed by atoms with Crippen molar-refractivity contribution in [3.63, 3.8) is 0 Å². The Bertz CT molecular complexity index is 505. The van der Waals surface area contributed by atoms with Gasteiger partial charge in [0, 0.05) is 29.9 Å². The van der Waals surface area contributed by atoms with Gasteiger partial charge < -0.3 is 10.1 Å². The maximum Gasteiger partial charge on any atom is 0.123 e. The minimum absolute atomic E-state index is 0.440. The van der Waals surface area contributed by atoms with E-state index in [1.54, 1.807) is 18.4 Å². The number of methoxy groups -OCH3 is 1. The zero-order valence-electron chi connectivity index (χ0n) is 11.0. The summed E-state index contributed by atoms with van der Waals surface area (Å²) in [6, 6.07) is 8.94. The van der Waals surface area contributed by atoms with E-state index >= 15 is 0 Å². The number of nitrogens with one attached hydrogen (secondary N) is 1. The van der Waals surface area contributed by atoms with E-state index < -0.39 is 0 Å². The third-order valence-corrected chi connectivity index (χ3v) is 4.28. The second-order valence-corrected chi connectivity index (χ2v) is 5.85. The average molecular weight is 274 g/mol. The first-order valence-corrected chi connectivity index (χ1v) is 7.50. The van der Waals surface area contributed by atoms with Crippen LogP contribution in [0.25, 0.3) is 10.6 Å². The van der Waals surface area contributed by atoms with Gasteiger partial charge in [0.15, 0.2) is 0 Å². The molecule has 0 radical (unpaired) electrons. The number of thiazole rings is 1. The summed E-state index contributed by atoms with van der Waals surface area (Å²) in [6.07, 6.45) is 4.48. The maximum atomic E-state index is 5.29. The summed E-state index contributed by atoms with van der Waals surface area (Å²) in [4.78, 5) is 4.32. The molecule has 0 aliphatic heterocycles. The van der Waals surface area contributed by atoms with E-state index in [0.29, 0.717) is 6.04 Å². The molecule has 1 heterocycles. The smallest absolute Gasteiger partial charge is 0.123 e. The standard InChI is InChI=1S/C15H18N2OS/c1-18-10-14(11-2-3-11)17-13-6-4-12(5-7-13)15-16-8-9-19-15/h4-9,11,14,17H,2-3,10H2,1H3. The zero-order chi connectivity index (χ0) is 13.1. The second kappa shape index (κ2) is 5.72. The van der Waals surface area contributed by atoms with Crippen molar-refractivity contribution in [1.82, 2.24) is 4.98 Å². The molecule has 2 aromatic rings. The molecule has 100 valence electrons. The molecule has 3 nitrogen and oxygen atoms in total. The molecule has 1 aliphatic carbocycles. The Balaban J connectivity index is 1.68. The van der Waals surface area contributed by atoms with E-state index in [2.05, 4.69) is 34.6 Å². The molecule has 1 aromatic carbocycles. The average Bonchev–Trinajstić information content (AvgIpc) is 3.14. The minimum Gasteiger partial charge on any atom is -0.383 e. The number of hydrogen-bond acceptors (Lipinski definition) is 4. The molecule has 3 rings (SSSR count). The molecular weight excluding hydrogens is 256 g/mol. The van der Waals surface area contributed by atoms with Gasteiger partial charge in [-0.3, -0.25) is 0 Å². The summed E-state index contributed by atoms with van der Waals surface area (Å²) in [6.45, 7) is 0.777. The molecule has 1 unspecified atom stereocenters. The molecule has 1 aromatic heterocycles. The first-order valence-electron chi connectivity index (χ1n) is 6.62. The molecule has 0 bridgehead atoms. The highest BCUT2D eigenvalue weighted by Gasteiger charge is 2.30. The van der Waals surface area contributed by atoms with Gasteiger partial charge in [-0.15, -0.1) is 11.3 Å². The molecule has 1 atom stereocenters. The third-order valence-electron chi connectivity index (χ3n) is 3.45. The van der Waals surface area contributed by atoms with Crippen LogP contribution >= 0.6 is 11.3 Å². The number of hydrogen-bond donors (Lipinski definition) is 1. The van der Waals surface area contributed by atoms with Crippen molar-refractivity contribution >= 4 is 17.0 Å². The quantitative estimate of drug-likeness (QED) is 0.873. The highest BCUT2D eigenvalue weighted by Crippen LogP contribution is 2.34. The summed E-state index contributed by atoms with van der Waals surface area (Å²) in [5.41, 5.74) is 2.34. The zero-order valence-corrected chi connectivity index (χ0v) is 11.8. The Morgan fingerprint density at radius 1 is 1.37 bits per heavy atom. The molecule has 1 aliphatic rings. The first kappa shape index (κ1) is 12.6. The predicted molar refractivity (Wildman–Crippen MR) is 79.6 cm³/mol. The van der Waals surface area contributed by atoms with Crippen LogP contribution in [-0.2, 0) is 4.74 Å². The lowest BCUT2D eigenvalue weighted by Gasteiger charge is -2.18. The maximum absolute atomic E-state index is 5.29. The van der Waals surface area contributed by atoms with Crippen molar-refractivity contribution in [1.29, 1.82) is 0 Å². The monoisotopic (exact) mass is 274 g/mol. The summed E-state index contributed by atoms with van der Waals surface area (Å²) in [5.74, 6) is 0.776. The van der Waals surface area contributed by atoms with Gasteiger partial charge in [0.25, 0.3) is 0 Å². The summed E-state index contributed by atoms with van der Waals surface area (Å²) >= 11 is 1.67. The van der Waals surface area contributed by atoms with Crippen LogP contribution < -0.4 is 5.32 Å². The van der Waals surface area contributed by atoms with Crippen LogP contribution in [0.4, 0.5) is 5.69 Å². The van der Waals surface area contributed by atoms with Crippen molar-refractivity contribution < 1.29 is 4.74 Å². The molecule has 4 heteroatoms. The molecular formula is C15H18N2OS. The van der Waals surface area contributed by atoms with Crippen LogP contribution in [0, 0.1) is 5.92 Å². The third kappa shape index (κ3) is 3.14. The SMILES string of the molecule is COCC(Nc1ccc(-c2nccs2)cc1)C1CC1. The number of benzene rings is 1. The van der Waals surface area contributed by atoms with Gasteiger partial charge in [-0.25, -0.2) is 4.98 Å². The van der Waals surface area contributed by atoms with Gasteiger partial charge >= 0.3 is 0 Å². The molecule has 0 saturated heterocycles. The van der Waals surface area contributed by atoms with Crippen LogP contribution in [0.15, 0.2) is 35.8 Å². The van der Waals surface area contributed by atoms with E-state index in [1.165, 1.54) is 18.4 Å². The molecule has 1 fully saturated rings. The van der Waals surface area contributed by atoms with Crippen LogP contribution in [0.3, 0.4) is 0 Å². The van der Waals surface area contributed by atoms with E-state index in [1.807, 2.05) is 11.6 Å².